The first-order valence-electron chi connectivity index (χ1n) is 14.1. The SMILES string of the molecule is O=C(O)CCC/C=C\C[C@@H]1[C@@H](CC[C@H](CCc2ccccc2)OC(=O)CCC(=O)OCC(O)CO)[C@H](O)C[C@@H]1O. The minimum Gasteiger partial charge on any atom is -0.481 e. The van der Waals surface area contributed by atoms with Gasteiger partial charge in [-0.05, 0) is 68.8 Å². The van der Waals surface area contributed by atoms with Gasteiger partial charge in [0, 0.05) is 6.42 Å². The Bertz CT molecular complexity index is 918. The van der Waals surface area contributed by atoms with Crippen LogP contribution in [-0.2, 0) is 30.3 Å². The van der Waals surface area contributed by atoms with E-state index in [0.29, 0.717) is 44.9 Å². The van der Waals surface area contributed by atoms with E-state index in [9.17, 15) is 29.7 Å². The van der Waals surface area contributed by atoms with Crippen LogP contribution in [0.3, 0.4) is 0 Å². The molecule has 0 radical (unpaired) electrons. The van der Waals surface area contributed by atoms with Crippen molar-refractivity contribution in [3.63, 3.8) is 0 Å². The largest absolute Gasteiger partial charge is 0.481 e. The lowest BCUT2D eigenvalue weighted by Crippen LogP contribution is -2.26. The molecule has 10 heteroatoms. The molecule has 1 unspecified atom stereocenters. The molecule has 1 aromatic rings. The van der Waals surface area contributed by atoms with Gasteiger partial charge in [-0.15, -0.1) is 0 Å². The summed E-state index contributed by atoms with van der Waals surface area (Å²) in [6, 6.07) is 9.78. The highest BCUT2D eigenvalue weighted by Gasteiger charge is 2.40. The molecule has 6 atom stereocenters. The third-order valence-corrected chi connectivity index (χ3v) is 7.26. The van der Waals surface area contributed by atoms with Crippen molar-refractivity contribution in [2.24, 2.45) is 11.8 Å². The normalized spacial score (nSPS) is 22.2. The number of esters is 2. The Kier molecular flexibility index (Phi) is 15.5. The summed E-state index contributed by atoms with van der Waals surface area (Å²) in [7, 11) is 0. The van der Waals surface area contributed by atoms with Crippen LogP contribution in [0.25, 0.3) is 0 Å². The van der Waals surface area contributed by atoms with E-state index in [1.165, 1.54) is 0 Å². The maximum absolute atomic E-state index is 12.6. The van der Waals surface area contributed by atoms with Crippen LogP contribution in [0.15, 0.2) is 42.5 Å². The number of rotatable bonds is 19. The molecule has 1 aromatic carbocycles. The lowest BCUT2D eigenvalue weighted by molar-refractivity contribution is -0.155. The summed E-state index contributed by atoms with van der Waals surface area (Å²) < 4.78 is 10.6. The van der Waals surface area contributed by atoms with Gasteiger partial charge in [0.2, 0.25) is 0 Å². The number of carboxylic acid groups (broad SMARTS) is 1. The minimum absolute atomic E-state index is 0.106. The summed E-state index contributed by atoms with van der Waals surface area (Å²) in [4.78, 5) is 35.0. The van der Waals surface area contributed by atoms with E-state index in [0.717, 1.165) is 5.56 Å². The lowest BCUT2D eigenvalue weighted by atomic mass is 9.85. The van der Waals surface area contributed by atoms with Crippen LogP contribution in [0.1, 0.15) is 69.8 Å². The summed E-state index contributed by atoms with van der Waals surface area (Å²) >= 11 is 0. The summed E-state index contributed by atoms with van der Waals surface area (Å²) in [5.74, 6) is -2.38. The molecule has 0 heterocycles. The highest BCUT2D eigenvalue weighted by atomic mass is 16.6. The number of hydrogen-bond acceptors (Lipinski definition) is 9. The van der Waals surface area contributed by atoms with E-state index in [1.807, 2.05) is 42.5 Å². The van der Waals surface area contributed by atoms with Gasteiger partial charge < -0.3 is 35.0 Å². The number of carboxylic acids is 1. The molecule has 0 aliphatic heterocycles. The summed E-state index contributed by atoms with van der Waals surface area (Å²) in [5, 5.41) is 48.0. The Balaban J connectivity index is 1.92. The molecular formula is C30H44O10. The number of carbonyl (C=O) groups excluding carboxylic acids is 2. The molecule has 0 saturated heterocycles. The Hall–Kier alpha value is -2.79. The fourth-order valence-electron chi connectivity index (χ4n) is 5.02. The van der Waals surface area contributed by atoms with Gasteiger partial charge in [0.1, 0.15) is 18.8 Å². The first-order valence-corrected chi connectivity index (χ1v) is 14.1. The molecule has 1 aliphatic carbocycles. The van der Waals surface area contributed by atoms with Gasteiger partial charge in [-0.25, -0.2) is 0 Å². The van der Waals surface area contributed by atoms with Gasteiger partial charge in [0.15, 0.2) is 0 Å². The number of unbranched alkanes of at least 4 members (excludes halogenated alkanes) is 1. The Morgan fingerprint density at radius 2 is 1.65 bits per heavy atom. The maximum Gasteiger partial charge on any atom is 0.306 e. The molecule has 10 nitrogen and oxygen atoms in total. The van der Waals surface area contributed by atoms with Crippen LogP contribution in [0.4, 0.5) is 0 Å². The average molecular weight is 565 g/mol. The van der Waals surface area contributed by atoms with Crippen molar-refractivity contribution >= 4 is 17.9 Å². The zero-order valence-electron chi connectivity index (χ0n) is 23.0. The molecule has 224 valence electrons. The van der Waals surface area contributed by atoms with Gasteiger partial charge in [-0.3, -0.25) is 14.4 Å². The van der Waals surface area contributed by atoms with Crippen LogP contribution in [0.2, 0.25) is 0 Å². The summed E-state index contributed by atoms with van der Waals surface area (Å²) in [5.41, 5.74) is 1.09. The number of aryl methyl sites for hydroxylation is 1. The number of hydrogen-bond donors (Lipinski definition) is 5. The van der Waals surface area contributed by atoms with Crippen LogP contribution < -0.4 is 0 Å². The lowest BCUT2D eigenvalue weighted by Gasteiger charge is -2.25. The first-order chi connectivity index (χ1) is 19.2. The van der Waals surface area contributed by atoms with Crippen molar-refractivity contribution < 1.29 is 49.4 Å². The molecule has 40 heavy (non-hydrogen) atoms. The molecule has 0 bridgehead atoms. The summed E-state index contributed by atoms with van der Waals surface area (Å²) in [6.45, 7) is -0.882. The second kappa shape index (κ2) is 18.5. The van der Waals surface area contributed by atoms with Crippen LogP contribution in [-0.4, -0.2) is 81.1 Å². The van der Waals surface area contributed by atoms with Crippen molar-refractivity contribution in [2.75, 3.05) is 13.2 Å². The van der Waals surface area contributed by atoms with E-state index in [-0.39, 0.29) is 44.1 Å². The van der Waals surface area contributed by atoms with E-state index < -0.39 is 48.9 Å². The standard InChI is InChI=1S/C30H44O10/c31-19-22(32)20-39-29(37)16-17-30(38)40-23(13-12-21-8-4-3-5-9-21)14-15-25-24(26(33)18-27(25)34)10-6-1-2-7-11-28(35)36/h1,3-6,8-9,22-27,31-34H,2,7,10-20H2,(H,35,36)/b6-1-/t22?,23-,24+,25+,26-,27+/m0/s1. The molecule has 0 aromatic heterocycles. The molecule has 5 N–H and O–H groups in total. The minimum atomic E-state index is -1.17. The van der Waals surface area contributed by atoms with Gasteiger partial charge >= 0.3 is 17.9 Å². The Morgan fingerprint density at radius 1 is 0.950 bits per heavy atom. The van der Waals surface area contributed by atoms with Crippen molar-refractivity contribution in [3.8, 4) is 0 Å². The predicted octanol–water partition coefficient (Wildman–Crippen LogP) is 2.55. The van der Waals surface area contributed by atoms with Crippen LogP contribution >= 0.6 is 0 Å². The van der Waals surface area contributed by atoms with Crippen molar-refractivity contribution in [1.82, 2.24) is 0 Å². The van der Waals surface area contributed by atoms with Crippen molar-refractivity contribution in [1.29, 1.82) is 0 Å². The van der Waals surface area contributed by atoms with Gasteiger partial charge in [-0.2, -0.15) is 0 Å². The topological polar surface area (TPSA) is 171 Å². The van der Waals surface area contributed by atoms with Crippen LogP contribution in [0, 0.1) is 11.8 Å². The van der Waals surface area contributed by atoms with Crippen LogP contribution in [0.5, 0.6) is 0 Å². The highest BCUT2D eigenvalue weighted by Crippen LogP contribution is 2.39. The second-order valence-electron chi connectivity index (χ2n) is 10.4. The number of aliphatic carboxylic acids is 1. The first kappa shape index (κ1) is 33.4. The molecule has 1 saturated carbocycles. The monoisotopic (exact) mass is 564 g/mol. The fraction of sp³-hybridized carbons (Fsp3) is 0.633. The maximum atomic E-state index is 12.6. The predicted molar refractivity (Wildman–Crippen MR) is 146 cm³/mol. The van der Waals surface area contributed by atoms with E-state index in [4.69, 9.17) is 19.7 Å². The number of allylic oxidation sites excluding steroid dienone is 2. The average Bonchev–Trinajstić information content (AvgIpc) is 3.21. The second-order valence-corrected chi connectivity index (χ2v) is 10.4. The molecule has 1 aliphatic rings. The quantitative estimate of drug-likeness (QED) is 0.0955. The van der Waals surface area contributed by atoms with Crippen molar-refractivity contribution in [2.45, 2.75) is 95.0 Å². The molecular weight excluding hydrogens is 520 g/mol. The van der Waals surface area contributed by atoms with Gasteiger partial charge in [0.05, 0.1) is 31.7 Å². The zero-order chi connectivity index (χ0) is 29.3. The number of aliphatic hydroxyl groups excluding tert-OH is 4. The third-order valence-electron chi connectivity index (χ3n) is 7.26. The van der Waals surface area contributed by atoms with Gasteiger partial charge in [0.25, 0.3) is 0 Å². The van der Waals surface area contributed by atoms with Crippen molar-refractivity contribution in [3.05, 3.63) is 48.0 Å². The highest BCUT2D eigenvalue weighted by molar-refractivity contribution is 5.77. The number of aliphatic hydroxyl groups is 4. The number of benzene rings is 1. The molecule has 0 spiro atoms. The third kappa shape index (κ3) is 13.0. The molecule has 1 fully saturated rings. The molecule has 2 rings (SSSR count). The summed E-state index contributed by atoms with van der Waals surface area (Å²) in [6.07, 6.45) is 4.92. The number of carbonyl (C=O) groups is 3. The smallest absolute Gasteiger partial charge is 0.306 e. The zero-order valence-corrected chi connectivity index (χ0v) is 23.0. The molecule has 0 amide bonds. The van der Waals surface area contributed by atoms with E-state index >= 15 is 0 Å². The van der Waals surface area contributed by atoms with E-state index in [1.54, 1.807) is 0 Å². The fourth-order valence-corrected chi connectivity index (χ4v) is 5.02. The van der Waals surface area contributed by atoms with E-state index in [2.05, 4.69) is 0 Å². The number of ether oxygens (including phenoxy) is 2. The van der Waals surface area contributed by atoms with Gasteiger partial charge in [-0.1, -0.05) is 42.5 Å². The Labute approximate surface area is 235 Å². The Morgan fingerprint density at radius 3 is 2.35 bits per heavy atom.